The van der Waals surface area contributed by atoms with Crippen LogP contribution in [0.15, 0.2) is 82.7 Å². The monoisotopic (exact) mass is 473 g/mol. The van der Waals surface area contributed by atoms with Crippen LogP contribution >= 0.6 is 11.8 Å². The molecule has 2 N–H and O–H groups in total. The zero-order valence-corrected chi connectivity index (χ0v) is 18.3. The van der Waals surface area contributed by atoms with Gasteiger partial charge >= 0.3 is 6.03 Å². The number of benzene rings is 3. The minimum absolute atomic E-state index is 0.0636. The van der Waals surface area contributed by atoms with E-state index >= 15 is 0 Å². The van der Waals surface area contributed by atoms with Crippen molar-refractivity contribution in [2.45, 2.75) is 5.16 Å². The third-order valence-electron chi connectivity index (χ3n) is 4.71. The molecule has 0 fully saturated rings. The summed E-state index contributed by atoms with van der Waals surface area (Å²) < 4.78 is 15.0. The zero-order valence-electron chi connectivity index (χ0n) is 17.5. The fourth-order valence-corrected chi connectivity index (χ4v) is 3.94. The van der Waals surface area contributed by atoms with Crippen molar-refractivity contribution in [3.8, 4) is 11.8 Å². The summed E-state index contributed by atoms with van der Waals surface area (Å²) in [7, 11) is 0. The van der Waals surface area contributed by atoms with Crippen LogP contribution in [-0.2, 0) is 4.79 Å². The molecule has 8 nitrogen and oxygen atoms in total. The molecule has 3 aromatic carbocycles. The highest BCUT2D eigenvalue weighted by Gasteiger charge is 2.16. The van der Waals surface area contributed by atoms with E-state index in [1.807, 2.05) is 6.07 Å². The first-order valence-corrected chi connectivity index (χ1v) is 11.0. The zero-order chi connectivity index (χ0) is 24.1. The van der Waals surface area contributed by atoms with Crippen LogP contribution < -0.4 is 16.2 Å². The van der Waals surface area contributed by atoms with E-state index in [4.69, 9.17) is 5.26 Å². The number of halogens is 1. The molecule has 1 aromatic heterocycles. The van der Waals surface area contributed by atoms with Gasteiger partial charge in [0.25, 0.3) is 5.56 Å². The molecule has 0 saturated carbocycles. The van der Waals surface area contributed by atoms with E-state index < -0.39 is 17.8 Å². The van der Waals surface area contributed by atoms with Gasteiger partial charge in [0.05, 0.1) is 39.7 Å². The molecule has 168 valence electrons. The molecule has 34 heavy (non-hydrogen) atoms. The molecule has 4 rings (SSSR count). The van der Waals surface area contributed by atoms with Gasteiger partial charge in [-0.15, -0.1) is 0 Å². The van der Waals surface area contributed by atoms with E-state index in [0.29, 0.717) is 22.2 Å². The molecular formula is C24H16FN5O3S. The average molecular weight is 473 g/mol. The number of hydrogen-bond acceptors (Lipinski definition) is 6. The molecule has 10 heteroatoms. The Hall–Kier alpha value is -4.49. The summed E-state index contributed by atoms with van der Waals surface area (Å²) in [6.45, 7) is 0. The Labute approximate surface area is 197 Å². The smallest absolute Gasteiger partial charge is 0.305 e. The van der Waals surface area contributed by atoms with E-state index in [0.717, 1.165) is 11.8 Å². The topological polar surface area (TPSA) is 117 Å². The lowest BCUT2D eigenvalue weighted by molar-refractivity contribution is -0.117. The molecule has 0 aliphatic heterocycles. The minimum Gasteiger partial charge on any atom is -0.305 e. The van der Waals surface area contributed by atoms with Gasteiger partial charge in [-0.1, -0.05) is 36.0 Å². The molecule has 0 radical (unpaired) electrons. The van der Waals surface area contributed by atoms with Crippen molar-refractivity contribution in [3.63, 3.8) is 0 Å². The van der Waals surface area contributed by atoms with Gasteiger partial charge in [0.15, 0.2) is 5.16 Å². The van der Waals surface area contributed by atoms with Crippen molar-refractivity contribution in [1.29, 1.82) is 5.26 Å². The Kier molecular flexibility index (Phi) is 6.66. The van der Waals surface area contributed by atoms with Crippen molar-refractivity contribution < 1.29 is 14.0 Å². The third kappa shape index (κ3) is 4.95. The molecule has 0 bridgehead atoms. The van der Waals surface area contributed by atoms with E-state index in [2.05, 4.69) is 15.6 Å². The number of para-hydroxylation sites is 2. The van der Waals surface area contributed by atoms with Gasteiger partial charge in [-0.25, -0.2) is 14.2 Å². The number of fused-ring (bicyclic) bond motifs is 1. The van der Waals surface area contributed by atoms with Gasteiger partial charge in [0.2, 0.25) is 5.91 Å². The molecule has 0 saturated heterocycles. The molecule has 1 heterocycles. The largest absolute Gasteiger partial charge is 0.325 e. The number of carbonyl (C=O) groups excluding carboxylic acids is 2. The van der Waals surface area contributed by atoms with Crippen LogP contribution in [0.5, 0.6) is 0 Å². The first-order valence-electron chi connectivity index (χ1n) is 9.97. The van der Waals surface area contributed by atoms with Crippen molar-refractivity contribution >= 4 is 40.3 Å². The molecule has 0 aliphatic carbocycles. The lowest BCUT2D eigenvalue weighted by Gasteiger charge is -2.13. The number of amides is 3. The standard InChI is InChI=1S/C24H16FN5O3S/c25-18-6-2-4-8-20(18)27-23(33)29-21(31)14-34-24-28-19-7-3-1-5-17(19)22(32)30(24)16-11-9-15(13-26)10-12-16/h1-12H,14H2,(H2,27,29,31,33). The van der Waals surface area contributed by atoms with Gasteiger partial charge in [-0.2, -0.15) is 5.26 Å². The van der Waals surface area contributed by atoms with Crippen LogP contribution in [0.4, 0.5) is 14.9 Å². The fraction of sp³-hybridized carbons (Fsp3) is 0.0417. The van der Waals surface area contributed by atoms with Crippen LogP contribution in [0.25, 0.3) is 16.6 Å². The second-order valence-corrected chi connectivity index (χ2v) is 7.92. The summed E-state index contributed by atoms with van der Waals surface area (Å²) in [5.41, 5.74) is 0.960. The second-order valence-electron chi connectivity index (χ2n) is 6.98. The Bertz CT molecular complexity index is 1500. The van der Waals surface area contributed by atoms with Gasteiger partial charge in [-0.3, -0.25) is 19.5 Å². The predicted octanol–water partition coefficient (Wildman–Crippen LogP) is 3.84. The first-order chi connectivity index (χ1) is 16.5. The van der Waals surface area contributed by atoms with Crippen LogP contribution in [0, 0.1) is 17.1 Å². The molecule has 0 unspecified atom stereocenters. The van der Waals surface area contributed by atoms with Crippen molar-refractivity contribution in [3.05, 3.63) is 94.5 Å². The summed E-state index contributed by atoms with van der Waals surface area (Å²) in [5, 5.41) is 14.1. The Morgan fingerprint density at radius 1 is 1.03 bits per heavy atom. The first kappa shape index (κ1) is 22.7. The van der Waals surface area contributed by atoms with Crippen LogP contribution in [-0.4, -0.2) is 27.2 Å². The lowest BCUT2D eigenvalue weighted by atomic mass is 10.2. The Morgan fingerprint density at radius 2 is 1.74 bits per heavy atom. The van der Waals surface area contributed by atoms with E-state index in [1.165, 1.54) is 22.8 Å². The normalized spacial score (nSPS) is 10.5. The van der Waals surface area contributed by atoms with Crippen molar-refractivity contribution in [2.24, 2.45) is 0 Å². The molecule has 0 atom stereocenters. The van der Waals surface area contributed by atoms with Gasteiger partial charge in [-0.05, 0) is 48.5 Å². The number of urea groups is 1. The molecule has 4 aromatic rings. The number of nitrogens with one attached hydrogen (secondary N) is 2. The molecular weight excluding hydrogens is 457 g/mol. The maximum Gasteiger partial charge on any atom is 0.325 e. The summed E-state index contributed by atoms with van der Waals surface area (Å²) in [6, 6.07) is 19.9. The van der Waals surface area contributed by atoms with Crippen LogP contribution in [0.1, 0.15) is 5.56 Å². The number of rotatable bonds is 5. The van der Waals surface area contributed by atoms with Crippen LogP contribution in [0.2, 0.25) is 0 Å². The van der Waals surface area contributed by atoms with Gasteiger partial charge in [0.1, 0.15) is 5.82 Å². The molecule has 0 aliphatic rings. The van der Waals surface area contributed by atoms with Gasteiger partial charge < -0.3 is 5.32 Å². The minimum atomic E-state index is -0.883. The summed E-state index contributed by atoms with van der Waals surface area (Å²) in [6.07, 6.45) is 0. The molecule has 3 amide bonds. The lowest BCUT2D eigenvalue weighted by Crippen LogP contribution is -2.35. The summed E-state index contributed by atoms with van der Waals surface area (Å²) in [4.78, 5) is 42.1. The maximum absolute atomic E-state index is 13.7. The highest BCUT2D eigenvalue weighted by atomic mass is 32.2. The average Bonchev–Trinajstić information content (AvgIpc) is 2.84. The number of nitrogens with zero attached hydrogens (tertiary/aromatic N) is 3. The number of anilines is 1. The highest BCUT2D eigenvalue weighted by molar-refractivity contribution is 7.99. The van der Waals surface area contributed by atoms with E-state index in [9.17, 15) is 18.8 Å². The number of carbonyl (C=O) groups is 2. The number of nitriles is 1. The Morgan fingerprint density at radius 3 is 2.47 bits per heavy atom. The summed E-state index contributed by atoms with van der Waals surface area (Å²) in [5.74, 6) is -1.52. The quantitative estimate of drug-likeness (QED) is 0.336. The maximum atomic E-state index is 13.7. The SMILES string of the molecule is N#Cc1ccc(-n2c(SCC(=O)NC(=O)Nc3ccccc3F)nc3ccccc3c2=O)cc1. The van der Waals surface area contributed by atoms with E-state index in [-0.39, 0.29) is 22.2 Å². The van der Waals surface area contributed by atoms with E-state index in [1.54, 1.807) is 54.6 Å². The summed E-state index contributed by atoms with van der Waals surface area (Å²) >= 11 is 0.961. The van der Waals surface area contributed by atoms with Crippen molar-refractivity contribution in [2.75, 3.05) is 11.1 Å². The predicted molar refractivity (Wildman–Crippen MR) is 126 cm³/mol. The third-order valence-corrected chi connectivity index (χ3v) is 5.65. The van der Waals surface area contributed by atoms with Crippen LogP contribution in [0.3, 0.4) is 0 Å². The number of thioether (sulfide) groups is 1. The fourth-order valence-electron chi connectivity index (χ4n) is 3.13. The van der Waals surface area contributed by atoms with Crippen molar-refractivity contribution in [1.82, 2.24) is 14.9 Å². The highest BCUT2D eigenvalue weighted by Crippen LogP contribution is 2.21. The Balaban J connectivity index is 1.56. The number of aromatic nitrogens is 2. The molecule has 0 spiro atoms. The number of imide groups is 1. The number of hydrogen-bond donors (Lipinski definition) is 2. The second kappa shape index (κ2) is 9.97. The van der Waals surface area contributed by atoms with Gasteiger partial charge in [0, 0.05) is 0 Å².